The third kappa shape index (κ3) is 7.72. The van der Waals surface area contributed by atoms with Crippen molar-refractivity contribution < 1.29 is 63.3 Å². The molecule has 51 heavy (non-hydrogen) atoms. The highest BCUT2D eigenvalue weighted by Gasteiger charge is 2.43. The van der Waals surface area contributed by atoms with Crippen LogP contribution < -0.4 is 4.74 Å². The first-order chi connectivity index (χ1) is 23.7. The highest BCUT2D eigenvalue weighted by molar-refractivity contribution is 6.33. The van der Waals surface area contributed by atoms with Gasteiger partial charge in [0, 0.05) is 28.3 Å². The van der Waals surface area contributed by atoms with Gasteiger partial charge in [-0.25, -0.2) is 9.59 Å². The number of benzene rings is 4. The van der Waals surface area contributed by atoms with Gasteiger partial charge in [0.05, 0.1) is 42.5 Å². The molecule has 1 heterocycles. The molecule has 270 valence electrons. The number of cyclic esters (lactones) is 1. The number of ether oxygens (including phenoxy) is 3. The lowest BCUT2D eigenvalue weighted by molar-refractivity contribution is -0.143. The lowest BCUT2D eigenvalue weighted by atomic mass is 9.89. The van der Waals surface area contributed by atoms with Crippen LogP contribution in [0.15, 0.2) is 72.8 Å². The summed E-state index contributed by atoms with van der Waals surface area (Å²) >= 11 is 6.48. The largest absolute Gasteiger partial charge is 0.496 e. The van der Waals surface area contributed by atoms with Crippen LogP contribution >= 0.6 is 11.6 Å². The van der Waals surface area contributed by atoms with Crippen LogP contribution in [0.2, 0.25) is 5.02 Å². The minimum atomic E-state index is -5.15. The molecule has 1 aliphatic heterocycles. The topological polar surface area (TPSA) is 65.1 Å². The molecule has 0 N–H and O–H groups in total. The third-order valence-electron chi connectivity index (χ3n) is 8.27. The standard InChI is InChI=1S/C35H25ClF9NO5/c1-17-30(51-32(48)46(17)16-18-10-22(34(40,41)42)14-23(11-18)35(43,44)45)27-15-21(33(37,38)39)6-8-25(27)26-12-19(5-9-29(26)49-2)24-7-4-20(13-28(24)36)31(47)50-3/h4-15,17,30H,16H2,1-3H3/t17-,30+/m1/s1. The Morgan fingerprint density at radius 2 is 1.37 bits per heavy atom. The van der Waals surface area contributed by atoms with Crippen LogP contribution in [-0.2, 0) is 34.5 Å². The van der Waals surface area contributed by atoms with Crippen LogP contribution in [0, 0.1) is 0 Å². The molecule has 0 radical (unpaired) electrons. The second-order valence-electron chi connectivity index (χ2n) is 11.5. The van der Waals surface area contributed by atoms with E-state index < -0.39 is 71.5 Å². The van der Waals surface area contributed by atoms with Crippen molar-refractivity contribution in [2.24, 2.45) is 0 Å². The number of halogens is 10. The van der Waals surface area contributed by atoms with Gasteiger partial charge in [0.25, 0.3) is 0 Å². The van der Waals surface area contributed by atoms with Crippen molar-refractivity contribution in [3.63, 3.8) is 0 Å². The molecule has 0 saturated carbocycles. The van der Waals surface area contributed by atoms with Gasteiger partial charge in [-0.1, -0.05) is 29.8 Å². The molecule has 4 aromatic rings. The summed E-state index contributed by atoms with van der Waals surface area (Å²) < 4.78 is 139. The number of carbonyl (C=O) groups is 2. The van der Waals surface area contributed by atoms with E-state index in [0.29, 0.717) is 23.3 Å². The van der Waals surface area contributed by atoms with E-state index in [2.05, 4.69) is 0 Å². The van der Waals surface area contributed by atoms with Crippen molar-refractivity contribution in [3.05, 3.63) is 111 Å². The van der Waals surface area contributed by atoms with Crippen LogP contribution in [0.3, 0.4) is 0 Å². The number of hydrogen-bond donors (Lipinski definition) is 0. The van der Waals surface area contributed by atoms with Gasteiger partial charge in [-0.2, -0.15) is 39.5 Å². The van der Waals surface area contributed by atoms with Gasteiger partial charge in [0.1, 0.15) is 11.9 Å². The molecule has 0 bridgehead atoms. The van der Waals surface area contributed by atoms with Gasteiger partial charge in [-0.3, -0.25) is 4.90 Å². The van der Waals surface area contributed by atoms with Gasteiger partial charge in [-0.15, -0.1) is 0 Å². The number of hydrogen-bond acceptors (Lipinski definition) is 5. The van der Waals surface area contributed by atoms with E-state index in [1.165, 1.54) is 45.4 Å². The Morgan fingerprint density at radius 1 is 0.765 bits per heavy atom. The number of methoxy groups -OCH3 is 2. The van der Waals surface area contributed by atoms with Crippen molar-refractivity contribution >= 4 is 23.7 Å². The highest BCUT2D eigenvalue weighted by atomic mass is 35.5. The molecule has 0 unspecified atom stereocenters. The van der Waals surface area contributed by atoms with E-state index >= 15 is 0 Å². The summed E-state index contributed by atoms with van der Waals surface area (Å²) in [5, 5.41) is 0.138. The van der Waals surface area contributed by atoms with E-state index in [0.717, 1.165) is 23.1 Å². The SMILES string of the molecule is COC(=O)c1ccc(-c2ccc(OC)c(-c3ccc(C(F)(F)F)cc3[C@H]3OC(=O)N(Cc4cc(C(F)(F)F)cc(C(F)(F)F)c4)[C@@H]3C)c2)c(Cl)c1. The summed E-state index contributed by atoms with van der Waals surface area (Å²) in [6.07, 6.45) is -17.8. The molecule has 0 aliphatic carbocycles. The molecule has 5 rings (SSSR count). The zero-order valence-corrected chi connectivity index (χ0v) is 27.3. The molecule has 1 fully saturated rings. The molecular weight excluding hydrogens is 721 g/mol. The monoisotopic (exact) mass is 745 g/mol. The Kier molecular flexibility index (Phi) is 10.0. The molecule has 0 spiro atoms. The zero-order valence-electron chi connectivity index (χ0n) is 26.6. The van der Waals surface area contributed by atoms with Crippen LogP contribution in [0.5, 0.6) is 5.75 Å². The maximum absolute atomic E-state index is 14.0. The van der Waals surface area contributed by atoms with Gasteiger partial charge in [0.15, 0.2) is 0 Å². The predicted octanol–water partition coefficient (Wildman–Crippen LogP) is 10.6. The number of rotatable bonds is 7. The molecule has 2 atom stereocenters. The number of carbonyl (C=O) groups excluding carboxylic acids is 2. The lowest BCUT2D eigenvalue weighted by Gasteiger charge is -2.24. The summed E-state index contributed by atoms with van der Waals surface area (Å²) in [4.78, 5) is 25.9. The third-order valence-corrected chi connectivity index (χ3v) is 8.58. The quantitative estimate of drug-likeness (QED) is 0.139. The molecule has 1 saturated heterocycles. The summed E-state index contributed by atoms with van der Waals surface area (Å²) in [5.41, 5.74) is -3.67. The minimum absolute atomic E-state index is 0.0604. The Morgan fingerprint density at radius 3 is 1.92 bits per heavy atom. The molecule has 1 aliphatic rings. The first-order valence-electron chi connectivity index (χ1n) is 14.8. The summed E-state index contributed by atoms with van der Waals surface area (Å²) in [7, 11) is 2.50. The highest BCUT2D eigenvalue weighted by Crippen LogP contribution is 2.46. The second-order valence-corrected chi connectivity index (χ2v) is 11.9. The van der Waals surface area contributed by atoms with Crippen LogP contribution in [0.4, 0.5) is 44.3 Å². The maximum atomic E-state index is 14.0. The Balaban J connectivity index is 1.60. The van der Waals surface area contributed by atoms with Crippen LogP contribution in [-0.4, -0.2) is 37.2 Å². The van der Waals surface area contributed by atoms with Crippen LogP contribution in [0.25, 0.3) is 22.3 Å². The zero-order chi connectivity index (χ0) is 37.6. The molecular formula is C35H25ClF9NO5. The molecule has 16 heteroatoms. The fourth-order valence-electron chi connectivity index (χ4n) is 5.74. The first-order valence-corrected chi connectivity index (χ1v) is 15.1. The maximum Gasteiger partial charge on any atom is 0.416 e. The lowest BCUT2D eigenvalue weighted by Crippen LogP contribution is -2.31. The van der Waals surface area contributed by atoms with Gasteiger partial charge in [0.2, 0.25) is 0 Å². The summed E-state index contributed by atoms with van der Waals surface area (Å²) in [5.74, 6) is -0.462. The number of nitrogens with zero attached hydrogens (tertiary/aromatic N) is 1. The van der Waals surface area contributed by atoms with Crippen molar-refractivity contribution in [2.45, 2.75) is 44.1 Å². The van der Waals surface area contributed by atoms with E-state index in [4.69, 9.17) is 25.8 Å². The molecule has 4 aromatic carbocycles. The van der Waals surface area contributed by atoms with Gasteiger partial charge < -0.3 is 14.2 Å². The molecule has 1 amide bonds. The van der Waals surface area contributed by atoms with Crippen molar-refractivity contribution in [3.8, 4) is 28.0 Å². The number of amides is 1. The van der Waals surface area contributed by atoms with Crippen molar-refractivity contribution in [2.75, 3.05) is 14.2 Å². The first kappa shape index (κ1) is 37.3. The predicted molar refractivity (Wildman–Crippen MR) is 166 cm³/mol. The number of esters is 1. The Bertz CT molecular complexity index is 1960. The average molecular weight is 746 g/mol. The molecule has 6 nitrogen and oxygen atoms in total. The smallest absolute Gasteiger partial charge is 0.416 e. The Hall–Kier alpha value is -4.92. The minimum Gasteiger partial charge on any atom is -0.496 e. The summed E-state index contributed by atoms with van der Waals surface area (Å²) in [6, 6.07) is 11.4. The van der Waals surface area contributed by atoms with E-state index in [-0.39, 0.29) is 39.1 Å². The Labute approximate surface area is 289 Å². The summed E-state index contributed by atoms with van der Waals surface area (Å²) in [6.45, 7) is 0.560. The van der Waals surface area contributed by atoms with Gasteiger partial charge in [-0.05, 0) is 78.2 Å². The normalized spacial score (nSPS) is 16.6. The van der Waals surface area contributed by atoms with E-state index in [1.54, 1.807) is 12.1 Å². The fourth-order valence-corrected chi connectivity index (χ4v) is 6.03. The second kappa shape index (κ2) is 13.7. The van der Waals surface area contributed by atoms with Crippen molar-refractivity contribution in [1.29, 1.82) is 0 Å². The number of alkyl halides is 9. The molecule has 0 aromatic heterocycles. The van der Waals surface area contributed by atoms with Gasteiger partial charge >= 0.3 is 30.6 Å². The van der Waals surface area contributed by atoms with E-state index in [9.17, 15) is 49.1 Å². The van der Waals surface area contributed by atoms with Crippen molar-refractivity contribution in [1.82, 2.24) is 4.90 Å². The van der Waals surface area contributed by atoms with E-state index in [1.807, 2.05) is 0 Å². The fraction of sp³-hybridized carbons (Fsp3) is 0.257. The van der Waals surface area contributed by atoms with Crippen LogP contribution in [0.1, 0.15) is 51.2 Å². The average Bonchev–Trinajstić information content (AvgIpc) is 3.34.